The number of aromatic nitrogens is 1. The third-order valence-corrected chi connectivity index (χ3v) is 5.56. The number of carbonyl (C=O) groups excluding carboxylic acids is 1. The zero-order valence-corrected chi connectivity index (χ0v) is 15.3. The summed E-state index contributed by atoms with van der Waals surface area (Å²) in [7, 11) is 1.80. The molecule has 3 heterocycles. The Morgan fingerprint density at radius 1 is 1.04 bits per heavy atom. The van der Waals surface area contributed by atoms with Gasteiger partial charge in [-0.15, -0.1) is 0 Å². The number of rotatable bonds is 2. The average molecular weight is 359 g/mol. The van der Waals surface area contributed by atoms with E-state index in [1.807, 2.05) is 30.3 Å². The van der Waals surface area contributed by atoms with E-state index in [-0.39, 0.29) is 6.09 Å². The number of benzene rings is 2. The molecule has 0 aliphatic carbocycles. The van der Waals surface area contributed by atoms with Crippen molar-refractivity contribution in [1.82, 2.24) is 9.88 Å². The lowest BCUT2D eigenvalue weighted by Gasteiger charge is -2.24. The van der Waals surface area contributed by atoms with E-state index in [1.165, 1.54) is 0 Å². The summed E-state index contributed by atoms with van der Waals surface area (Å²) >= 11 is 0. The molecular weight excluding hydrogens is 338 g/mol. The van der Waals surface area contributed by atoms with E-state index in [2.05, 4.69) is 35.2 Å². The lowest BCUT2D eigenvalue weighted by molar-refractivity contribution is 0.0742. The molecule has 1 spiro atoms. The number of para-hydroxylation sites is 1. The number of hydrogen-bond acceptors (Lipinski definition) is 4. The highest BCUT2D eigenvalue weighted by atomic mass is 16.6. The Morgan fingerprint density at radius 3 is 2.59 bits per heavy atom. The van der Waals surface area contributed by atoms with Gasteiger partial charge in [0.15, 0.2) is 5.60 Å². The van der Waals surface area contributed by atoms with E-state index in [9.17, 15) is 4.79 Å². The number of fused-ring (bicyclic) bond motifs is 1. The lowest BCUT2D eigenvalue weighted by Crippen LogP contribution is -2.37. The minimum absolute atomic E-state index is 0.221. The van der Waals surface area contributed by atoms with Crippen LogP contribution in [0.3, 0.4) is 0 Å². The van der Waals surface area contributed by atoms with Crippen molar-refractivity contribution < 1.29 is 9.53 Å². The summed E-state index contributed by atoms with van der Waals surface area (Å²) in [5.41, 5.74) is 3.80. The first-order chi connectivity index (χ1) is 13.1. The normalized spacial score (nSPS) is 22.0. The van der Waals surface area contributed by atoms with E-state index in [4.69, 9.17) is 9.72 Å². The Hall–Kier alpha value is -3.08. The van der Waals surface area contributed by atoms with Crippen molar-refractivity contribution in [3.63, 3.8) is 0 Å². The summed E-state index contributed by atoms with van der Waals surface area (Å²) in [4.78, 5) is 20.8. The first-order valence-corrected chi connectivity index (χ1v) is 9.28. The predicted octanol–water partition coefficient (Wildman–Crippen LogP) is 3.93. The van der Waals surface area contributed by atoms with Crippen molar-refractivity contribution in [3.05, 3.63) is 60.7 Å². The topological polar surface area (TPSA) is 45.7 Å². The molecule has 136 valence electrons. The molecule has 0 saturated carbocycles. The molecule has 1 aromatic heterocycles. The van der Waals surface area contributed by atoms with Crippen LogP contribution in [0.4, 0.5) is 10.5 Å². The van der Waals surface area contributed by atoms with Gasteiger partial charge in [-0.25, -0.2) is 9.78 Å². The molecule has 5 nitrogen and oxygen atoms in total. The number of carbonyl (C=O) groups is 1. The van der Waals surface area contributed by atoms with Crippen LogP contribution in [-0.4, -0.2) is 48.3 Å². The van der Waals surface area contributed by atoms with E-state index in [1.54, 1.807) is 11.9 Å². The fraction of sp³-hybridized carbons (Fsp3) is 0.273. The average Bonchev–Trinajstić information content (AvgIpc) is 3.23. The highest BCUT2D eigenvalue weighted by Crippen LogP contribution is 2.38. The van der Waals surface area contributed by atoms with Crippen molar-refractivity contribution in [2.75, 3.05) is 31.6 Å². The maximum Gasteiger partial charge on any atom is 0.410 e. The van der Waals surface area contributed by atoms with E-state index in [0.29, 0.717) is 13.1 Å². The number of nitrogens with zero attached hydrogens (tertiary/aromatic N) is 3. The maximum atomic E-state index is 11.9. The molecule has 0 N–H and O–H groups in total. The van der Waals surface area contributed by atoms with E-state index < -0.39 is 5.60 Å². The predicted molar refractivity (Wildman–Crippen MR) is 106 cm³/mol. The first kappa shape index (κ1) is 16.1. The number of hydrogen-bond donors (Lipinski definition) is 0. The minimum Gasteiger partial charge on any atom is -0.439 e. The standard InChI is InChI=1S/C22H21N3O2/c1-24-14-22(27-21(24)26)11-12-25(15-22)20-13-19(16-7-3-2-4-8-16)23-18-10-6-5-9-17(18)20/h2-10,13H,11-12,14-15H2,1H3. The zero-order valence-electron chi connectivity index (χ0n) is 15.3. The van der Waals surface area contributed by atoms with Crippen molar-refractivity contribution in [2.24, 2.45) is 0 Å². The summed E-state index contributed by atoms with van der Waals surface area (Å²) in [6.07, 6.45) is 0.627. The third kappa shape index (κ3) is 2.70. The second-order valence-corrected chi connectivity index (χ2v) is 7.49. The molecule has 0 radical (unpaired) electrons. The molecule has 2 aromatic carbocycles. The summed E-state index contributed by atoms with van der Waals surface area (Å²) in [5, 5.41) is 1.13. The SMILES string of the molecule is CN1CC2(CCN(c3cc(-c4ccccc4)nc4ccccc34)C2)OC1=O. The van der Waals surface area contributed by atoms with Crippen LogP contribution < -0.4 is 4.90 Å². The molecule has 2 saturated heterocycles. The third-order valence-electron chi connectivity index (χ3n) is 5.56. The molecule has 5 rings (SSSR count). The van der Waals surface area contributed by atoms with Gasteiger partial charge in [0.05, 0.1) is 24.3 Å². The number of ether oxygens (including phenoxy) is 1. The number of amides is 1. The van der Waals surface area contributed by atoms with Gasteiger partial charge in [-0.2, -0.15) is 0 Å². The maximum absolute atomic E-state index is 11.9. The largest absolute Gasteiger partial charge is 0.439 e. The van der Waals surface area contributed by atoms with Crippen molar-refractivity contribution >= 4 is 22.7 Å². The van der Waals surface area contributed by atoms with E-state index in [0.717, 1.165) is 40.8 Å². The van der Waals surface area contributed by atoms with Crippen molar-refractivity contribution in [2.45, 2.75) is 12.0 Å². The Bertz CT molecular complexity index is 1020. The van der Waals surface area contributed by atoms with Gasteiger partial charge in [-0.3, -0.25) is 0 Å². The van der Waals surface area contributed by atoms with E-state index >= 15 is 0 Å². The molecule has 2 fully saturated rings. The second-order valence-electron chi connectivity index (χ2n) is 7.49. The van der Waals surface area contributed by atoms with Gasteiger partial charge >= 0.3 is 6.09 Å². The molecule has 1 unspecified atom stereocenters. The molecule has 2 aliphatic heterocycles. The monoisotopic (exact) mass is 359 g/mol. The highest BCUT2D eigenvalue weighted by molar-refractivity contribution is 5.94. The quantitative estimate of drug-likeness (QED) is 0.695. The molecule has 2 aliphatic rings. The van der Waals surface area contributed by atoms with Crippen molar-refractivity contribution in [1.29, 1.82) is 0 Å². The van der Waals surface area contributed by atoms with Gasteiger partial charge in [0.2, 0.25) is 0 Å². The van der Waals surface area contributed by atoms with Gasteiger partial charge < -0.3 is 14.5 Å². The molecule has 1 amide bonds. The van der Waals surface area contributed by atoms with Gasteiger partial charge in [0.1, 0.15) is 0 Å². The summed E-state index contributed by atoms with van der Waals surface area (Å²) in [6.45, 7) is 2.23. The van der Waals surface area contributed by atoms with Crippen LogP contribution in [-0.2, 0) is 4.74 Å². The van der Waals surface area contributed by atoms with Crippen LogP contribution in [0.1, 0.15) is 6.42 Å². The highest BCUT2D eigenvalue weighted by Gasteiger charge is 2.48. The van der Waals surface area contributed by atoms with Crippen LogP contribution in [0.15, 0.2) is 60.7 Å². The Balaban J connectivity index is 1.58. The van der Waals surface area contributed by atoms with Crippen LogP contribution in [0.25, 0.3) is 22.2 Å². The second kappa shape index (κ2) is 5.98. The Kier molecular flexibility index (Phi) is 3.57. The van der Waals surface area contributed by atoms with Gasteiger partial charge in [-0.1, -0.05) is 48.5 Å². The molecule has 27 heavy (non-hydrogen) atoms. The summed E-state index contributed by atoms with van der Waals surface area (Å²) in [6, 6.07) is 20.6. The van der Waals surface area contributed by atoms with Gasteiger partial charge in [0.25, 0.3) is 0 Å². The molecule has 3 aromatic rings. The summed E-state index contributed by atoms with van der Waals surface area (Å²) in [5.74, 6) is 0. The van der Waals surface area contributed by atoms with Crippen LogP contribution in [0.5, 0.6) is 0 Å². The molecule has 5 heteroatoms. The molecule has 0 bridgehead atoms. The zero-order chi connectivity index (χ0) is 18.4. The van der Waals surface area contributed by atoms with Crippen LogP contribution in [0.2, 0.25) is 0 Å². The number of pyridine rings is 1. The Labute approximate surface area is 158 Å². The number of likely N-dealkylation sites (N-methyl/N-ethyl adjacent to an activating group) is 1. The Morgan fingerprint density at radius 2 is 1.81 bits per heavy atom. The van der Waals surface area contributed by atoms with Crippen LogP contribution in [0, 0.1) is 0 Å². The fourth-order valence-corrected chi connectivity index (χ4v) is 4.23. The van der Waals surface area contributed by atoms with Gasteiger partial charge in [-0.05, 0) is 12.1 Å². The number of anilines is 1. The fourth-order valence-electron chi connectivity index (χ4n) is 4.23. The summed E-state index contributed by atoms with van der Waals surface area (Å²) < 4.78 is 5.73. The molecule has 1 atom stereocenters. The smallest absolute Gasteiger partial charge is 0.410 e. The minimum atomic E-state index is -0.400. The van der Waals surface area contributed by atoms with Crippen LogP contribution >= 0.6 is 0 Å². The lowest BCUT2D eigenvalue weighted by atomic mass is 10.0. The van der Waals surface area contributed by atoms with Gasteiger partial charge in [0, 0.05) is 36.7 Å². The first-order valence-electron chi connectivity index (χ1n) is 9.28. The van der Waals surface area contributed by atoms with Crippen molar-refractivity contribution in [3.8, 4) is 11.3 Å². The molecular formula is C22H21N3O2.